The summed E-state index contributed by atoms with van der Waals surface area (Å²) in [4.78, 5) is 48.6. The van der Waals surface area contributed by atoms with Crippen molar-refractivity contribution in [2.24, 2.45) is 0 Å². The molecule has 0 aromatic carbocycles. The Balaban J connectivity index is 4.82. The average Bonchev–Trinajstić information content (AvgIpc) is 3.43. The van der Waals surface area contributed by atoms with Gasteiger partial charge in [-0.3, -0.25) is 23.4 Å². The molecule has 78 heavy (non-hydrogen) atoms. The summed E-state index contributed by atoms with van der Waals surface area (Å²) in [6.07, 6.45) is 74.1. The second kappa shape index (κ2) is 58.8. The van der Waals surface area contributed by atoms with Gasteiger partial charge in [0.25, 0.3) is 0 Å². The maximum Gasteiger partial charge on any atom is 0.472 e. The summed E-state index contributed by atoms with van der Waals surface area (Å²) >= 11 is 0. The van der Waals surface area contributed by atoms with Gasteiger partial charge < -0.3 is 24.2 Å². The Morgan fingerprint density at radius 3 is 0.974 bits per heavy atom. The zero-order valence-corrected chi connectivity index (χ0v) is 49.7. The quantitative estimate of drug-likeness (QED) is 0.0197. The molecule has 0 aliphatic rings. The lowest BCUT2D eigenvalue weighted by atomic mass is 10.1. The largest absolute Gasteiger partial charge is 0.472 e. The molecule has 0 heterocycles. The zero-order valence-electron chi connectivity index (χ0n) is 48.8. The number of hydrogen-bond donors (Lipinski definition) is 2. The van der Waals surface area contributed by atoms with Crippen molar-refractivity contribution in [3.05, 3.63) is 134 Å². The minimum atomic E-state index is -4.78. The molecule has 442 valence electrons. The van der Waals surface area contributed by atoms with Crippen LogP contribution in [0.2, 0.25) is 0 Å². The fraction of sp³-hybridized carbons (Fsp3) is 0.621. The molecule has 0 spiro atoms. The molecule has 0 aliphatic heterocycles. The van der Waals surface area contributed by atoms with E-state index in [-0.39, 0.29) is 25.9 Å². The van der Waals surface area contributed by atoms with Gasteiger partial charge in [-0.15, -0.1) is 0 Å². The highest BCUT2D eigenvalue weighted by Gasteiger charge is 2.28. The van der Waals surface area contributed by atoms with Crippen LogP contribution in [0.1, 0.15) is 226 Å². The molecule has 0 rings (SSSR count). The lowest BCUT2D eigenvalue weighted by Gasteiger charge is -2.21. The summed E-state index contributed by atoms with van der Waals surface area (Å²) in [6.45, 7) is 4.23. The minimum absolute atomic E-state index is 0.133. The monoisotopic (exact) mass is 1110 g/mol. The minimum Gasteiger partial charge on any atom is -0.462 e. The maximum absolute atomic E-state index is 12.9. The van der Waals surface area contributed by atoms with E-state index in [1.54, 1.807) is 0 Å². The van der Waals surface area contributed by atoms with Crippen molar-refractivity contribution in [1.82, 2.24) is 0 Å². The first-order valence-corrected chi connectivity index (χ1v) is 31.6. The van der Waals surface area contributed by atoms with E-state index >= 15 is 0 Å². The summed E-state index contributed by atoms with van der Waals surface area (Å²) < 4.78 is 39.5. The predicted octanol–water partition coefficient (Wildman–Crippen LogP) is 18.1. The number of carbonyl (C=O) groups is 3. The first-order chi connectivity index (χ1) is 38.2. The molecular weight excluding hydrogens is 1000 g/mol. The summed E-state index contributed by atoms with van der Waals surface area (Å²) in [5, 5.41) is 9.82. The number of carbonyl (C=O) groups excluding carboxylic acids is 3. The molecule has 0 saturated heterocycles. The molecule has 0 aromatic heterocycles. The van der Waals surface area contributed by atoms with E-state index < -0.39 is 57.8 Å². The number of esters is 3. The van der Waals surface area contributed by atoms with Crippen LogP contribution in [0.5, 0.6) is 0 Å². The van der Waals surface area contributed by atoms with E-state index in [1.807, 2.05) is 0 Å². The molecule has 11 nitrogen and oxygen atoms in total. The van der Waals surface area contributed by atoms with Gasteiger partial charge in [0.05, 0.1) is 19.8 Å². The fourth-order valence-electron chi connectivity index (χ4n) is 7.59. The number of unbranched alkanes of at least 4 members (excludes halogenated alkanes) is 15. The Labute approximate surface area is 474 Å². The van der Waals surface area contributed by atoms with Crippen LogP contribution in [-0.2, 0) is 42.2 Å². The topological polar surface area (TPSA) is 155 Å². The lowest BCUT2D eigenvalue weighted by Crippen LogP contribution is -2.30. The highest BCUT2D eigenvalue weighted by Crippen LogP contribution is 2.43. The van der Waals surface area contributed by atoms with E-state index in [2.05, 4.69) is 154 Å². The van der Waals surface area contributed by atoms with Crippen molar-refractivity contribution in [3.63, 3.8) is 0 Å². The van der Waals surface area contributed by atoms with Crippen molar-refractivity contribution in [2.45, 2.75) is 238 Å². The van der Waals surface area contributed by atoms with E-state index in [1.165, 1.54) is 0 Å². The number of rotatable bonds is 54. The van der Waals surface area contributed by atoms with Gasteiger partial charge in [0.1, 0.15) is 12.7 Å². The second-order valence-corrected chi connectivity index (χ2v) is 20.8. The zero-order chi connectivity index (χ0) is 56.9. The molecule has 3 unspecified atom stereocenters. The molecule has 2 N–H and O–H groups in total. The Morgan fingerprint density at radius 2 is 0.628 bits per heavy atom. The highest BCUT2D eigenvalue weighted by atomic mass is 31.2. The molecule has 0 fully saturated rings. The number of phosphoric acid groups is 1. The third-order valence-electron chi connectivity index (χ3n) is 12.1. The molecule has 12 heteroatoms. The predicted molar refractivity (Wildman–Crippen MR) is 325 cm³/mol. The molecule has 0 saturated carbocycles. The Hall–Kier alpha value is -4.38. The van der Waals surface area contributed by atoms with Gasteiger partial charge in [-0.25, -0.2) is 4.57 Å². The van der Waals surface area contributed by atoms with E-state index in [0.29, 0.717) is 19.3 Å². The van der Waals surface area contributed by atoms with Crippen LogP contribution < -0.4 is 0 Å². The van der Waals surface area contributed by atoms with Gasteiger partial charge in [0.2, 0.25) is 0 Å². The SMILES string of the molecule is CC/C=C\C/C=C\C/C=C\C/C=C\CCCCCCCCC(=O)OCC(COP(=O)(O)OCC(CO)OC(=O)CCCCC/C=C\C/C=C\C/C=C\CC)OC(=O)CCCCCCCC/C=C\C/C=C\C/C=C\C/C=C\CC. The van der Waals surface area contributed by atoms with Gasteiger partial charge in [0.15, 0.2) is 6.10 Å². The normalized spacial score (nSPS) is 14.3. The number of phosphoric ester groups is 1. The van der Waals surface area contributed by atoms with Gasteiger partial charge in [-0.2, -0.15) is 0 Å². The third-order valence-corrected chi connectivity index (χ3v) is 13.0. The summed E-state index contributed by atoms with van der Waals surface area (Å²) in [5.41, 5.74) is 0. The number of aliphatic hydroxyl groups is 1. The first kappa shape index (κ1) is 73.6. The number of aliphatic hydroxyl groups excluding tert-OH is 1. The van der Waals surface area contributed by atoms with E-state index in [4.69, 9.17) is 23.3 Å². The van der Waals surface area contributed by atoms with Gasteiger partial charge in [0, 0.05) is 19.3 Å². The Bertz CT molecular complexity index is 1820. The molecular formula is C66H107O11P. The van der Waals surface area contributed by atoms with Crippen LogP contribution in [0.25, 0.3) is 0 Å². The van der Waals surface area contributed by atoms with Crippen LogP contribution in [-0.4, -0.2) is 66.5 Å². The maximum atomic E-state index is 12.9. The van der Waals surface area contributed by atoms with Crippen LogP contribution >= 0.6 is 7.82 Å². The molecule has 0 radical (unpaired) electrons. The van der Waals surface area contributed by atoms with Gasteiger partial charge in [-0.1, -0.05) is 212 Å². The second-order valence-electron chi connectivity index (χ2n) is 19.4. The number of hydrogen-bond acceptors (Lipinski definition) is 10. The highest BCUT2D eigenvalue weighted by molar-refractivity contribution is 7.47. The van der Waals surface area contributed by atoms with Crippen LogP contribution in [0.3, 0.4) is 0 Å². The average molecular weight is 1110 g/mol. The Kier molecular flexibility index (Phi) is 55.5. The summed E-state index contributed by atoms with van der Waals surface area (Å²) in [6, 6.07) is 0. The van der Waals surface area contributed by atoms with Crippen LogP contribution in [0.4, 0.5) is 0 Å². The first-order valence-electron chi connectivity index (χ1n) is 30.1. The van der Waals surface area contributed by atoms with Crippen molar-refractivity contribution < 1.29 is 52.2 Å². The van der Waals surface area contributed by atoms with Gasteiger partial charge >= 0.3 is 25.7 Å². The smallest absolute Gasteiger partial charge is 0.462 e. The van der Waals surface area contributed by atoms with Crippen molar-refractivity contribution >= 4 is 25.7 Å². The molecule has 3 atom stereocenters. The van der Waals surface area contributed by atoms with Gasteiger partial charge in [-0.05, 0) is 128 Å². The molecule has 0 aliphatic carbocycles. The van der Waals surface area contributed by atoms with Crippen LogP contribution in [0.15, 0.2) is 134 Å². The van der Waals surface area contributed by atoms with E-state index in [9.17, 15) is 28.9 Å². The van der Waals surface area contributed by atoms with Crippen molar-refractivity contribution in [1.29, 1.82) is 0 Å². The van der Waals surface area contributed by atoms with Crippen LogP contribution in [0, 0.1) is 0 Å². The number of allylic oxidation sites excluding steroid dienone is 22. The summed E-state index contributed by atoms with van der Waals surface area (Å²) in [7, 11) is -4.78. The lowest BCUT2D eigenvalue weighted by molar-refractivity contribution is -0.161. The summed E-state index contributed by atoms with van der Waals surface area (Å²) in [5.74, 6) is -1.54. The number of ether oxygens (including phenoxy) is 3. The standard InChI is InChI=1S/C66H107O11P/c1-4-7-10-13-16-19-22-25-27-29-31-33-35-38-40-43-46-49-52-55-64(68)73-59-63(77-66(70)57-54-51-48-45-42-39-36-34-32-30-28-26-23-20-17-14-11-8-5-2)61-75-78(71,72)74-60-62(58-67)76-65(69)56-53-50-47-44-41-37-24-21-18-15-12-9-6-3/h7-12,16-21,25-28,31-34,37,41,62-63,67H,4-6,13-15,22-24,29-30,35-36,38-40,42-61H2,1-3H3,(H,71,72)/b10-7-,11-8-,12-9-,19-16-,20-17-,21-18-,27-25-,28-26-,33-31-,34-32-,41-37-. The third kappa shape index (κ3) is 56.3. The Morgan fingerprint density at radius 1 is 0.359 bits per heavy atom. The molecule has 0 aromatic rings. The van der Waals surface area contributed by atoms with Crippen molar-refractivity contribution in [3.8, 4) is 0 Å². The fourth-order valence-corrected chi connectivity index (χ4v) is 8.37. The molecule has 0 bridgehead atoms. The van der Waals surface area contributed by atoms with Crippen molar-refractivity contribution in [2.75, 3.05) is 26.4 Å². The van der Waals surface area contributed by atoms with E-state index in [0.717, 1.165) is 167 Å². The molecule has 0 amide bonds.